The average molecular weight is 579 g/mol. The number of carbonyl (C=O) groups is 2. The molecule has 0 unspecified atom stereocenters. The van der Waals surface area contributed by atoms with Crippen LogP contribution in [0.1, 0.15) is 11.1 Å². The number of para-hydroxylation sites is 2. The highest BCUT2D eigenvalue weighted by molar-refractivity contribution is 7.92. The van der Waals surface area contributed by atoms with Gasteiger partial charge in [0.1, 0.15) is 18.3 Å². The Morgan fingerprint density at radius 1 is 1.00 bits per heavy atom. The molecule has 38 heavy (non-hydrogen) atoms. The first-order valence-electron chi connectivity index (χ1n) is 11.6. The Hall–Kier alpha value is -3.27. The van der Waals surface area contributed by atoms with Crippen LogP contribution < -0.4 is 14.4 Å². The monoisotopic (exact) mass is 577 g/mol. The van der Waals surface area contributed by atoms with Crippen molar-refractivity contribution >= 4 is 50.7 Å². The van der Waals surface area contributed by atoms with Crippen molar-refractivity contribution in [1.82, 2.24) is 10.2 Å². The van der Waals surface area contributed by atoms with Gasteiger partial charge in [-0.25, -0.2) is 8.42 Å². The van der Waals surface area contributed by atoms with E-state index in [0.29, 0.717) is 15.6 Å². The molecule has 0 heterocycles. The number of anilines is 1. The van der Waals surface area contributed by atoms with Crippen molar-refractivity contribution in [3.05, 3.63) is 94.0 Å². The number of likely N-dealkylation sites (N-methyl/N-ethyl adjacent to an activating group) is 1. The summed E-state index contributed by atoms with van der Waals surface area (Å²) >= 11 is 12.5. The van der Waals surface area contributed by atoms with E-state index >= 15 is 0 Å². The molecule has 0 radical (unpaired) electrons. The normalized spacial score (nSPS) is 11.9. The molecule has 3 aromatic carbocycles. The second kappa shape index (κ2) is 13.0. The van der Waals surface area contributed by atoms with Crippen LogP contribution in [0.2, 0.25) is 10.0 Å². The minimum atomic E-state index is -3.91. The first kappa shape index (κ1) is 29.3. The predicted octanol–water partition coefficient (Wildman–Crippen LogP) is 4.15. The maximum Gasteiger partial charge on any atom is 0.244 e. The van der Waals surface area contributed by atoms with Gasteiger partial charge in [-0.2, -0.15) is 0 Å². The molecule has 1 N–H and O–H groups in total. The Bertz CT molecular complexity index is 1390. The summed E-state index contributed by atoms with van der Waals surface area (Å²) in [7, 11) is -1.02. The molecule has 0 saturated carbocycles. The second-order valence-corrected chi connectivity index (χ2v) is 11.3. The summed E-state index contributed by atoms with van der Waals surface area (Å²) in [6, 6.07) is 19.6. The van der Waals surface area contributed by atoms with Gasteiger partial charge >= 0.3 is 0 Å². The van der Waals surface area contributed by atoms with E-state index in [0.717, 1.165) is 16.1 Å². The molecule has 3 rings (SSSR count). The van der Waals surface area contributed by atoms with Crippen LogP contribution in [0.5, 0.6) is 5.75 Å². The number of amides is 2. The van der Waals surface area contributed by atoms with Crippen molar-refractivity contribution < 1.29 is 22.7 Å². The van der Waals surface area contributed by atoms with Crippen molar-refractivity contribution in [2.75, 3.05) is 31.3 Å². The van der Waals surface area contributed by atoms with E-state index in [1.54, 1.807) is 42.5 Å². The molecule has 2 amide bonds. The largest absolute Gasteiger partial charge is 0.495 e. The maximum atomic E-state index is 13.9. The van der Waals surface area contributed by atoms with Gasteiger partial charge < -0.3 is 15.0 Å². The molecule has 0 saturated heterocycles. The Labute approximate surface area is 233 Å². The number of methoxy groups -OCH3 is 1. The molecule has 0 fully saturated rings. The van der Waals surface area contributed by atoms with E-state index in [4.69, 9.17) is 27.9 Å². The number of ether oxygens (including phenoxy) is 1. The summed E-state index contributed by atoms with van der Waals surface area (Å²) in [5.74, 6) is -0.725. The van der Waals surface area contributed by atoms with Crippen LogP contribution in [0.3, 0.4) is 0 Å². The van der Waals surface area contributed by atoms with E-state index in [9.17, 15) is 18.0 Å². The third-order valence-corrected chi connectivity index (χ3v) is 7.62. The van der Waals surface area contributed by atoms with Crippen molar-refractivity contribution in [2.24, 2.45) is 0 Å². The molecular formula is C27H29Cl2N3O5S. The minimum Gasteiger partial charge on any atom is -0.495 e. The van der Waals surface area contributed by atoms with Crippen molar-refractivity contribution in [3.63, 3.8) is 0 Å². The molecule has 0 aliphatic heterocycles. The van der Waals surface area contributed by atoms with Crippen molar-refractivity contribution in [3.8, 4) is 5.75 Å². The fraction of sp³-hybridized carbons (Fsp3) is 0.259. The maximum absolute atomic E-state index is 13.9. The summed E-state index contributed by atoms with van der Waals surface area (Å²) in [4.78, 5) is 28.4. The van der Waals surface area contributed by atoms with Gasteiger partial charge in [-0.15, -0.1) is 0 Å². The molecular weight excluding hydrogens is 549 g/mol. The summed E-state index contributed by atoms with van der Waals surface area (Å²) in [5.41, 5.74) is 1.58. The van der Waals surface area contributed by atoms with Gasteiger partial charge in [0.2, 0.25) is 21.8 Å². The van der Waals surface area contributed by atoms with Crippen LogP contribution in [0.25, 0.3) is 0 Å². The lowest BCUT2D eigenvalue weighted by Gasteiger charge is -2.33. The minimum absolute atomic E-state index is 0.0523. The lowest BCUT2D eigenvalue weighted by molar-refractivity contribution is -0.139. The molecule has 0 spiro atoms. The van der Waals surface area contributed by atoms with E-state index in [2.05, 4.69) is 5.32 Å². The molecule has 202 valence electrons. The highest BCUT2D eigenvalue weighted by Crippen LogP contribution is 2.30. The molecule has 0 bridgehead atoms. The molecule has 11 heteroatoms. The van der Waals surface area contributed by atoms with Crippen LogP contribution in [0.4, 0.5) is 5.69 Å². The number of rotatable bonds is 11. The predicted molar refractivity (Wildman–Crippen MR) is 150 cm³/mol. The number of nitrogens with zero attached hydrogens (tertiary/aromatic N) is 2. The number of carbonyl (C=O) groups excluding carboxylic acids is 2. The van der Waals surface area contributed by atoms with Crippen LogP contribution in [-0.4, -0.2) is 58.1 Å². The molecule has 0 aromatic heterocycles. The van der Waals surface area contributed by atoms with E-state index in [-0.39, 0.29) is 24.4 Å². The Kier molecular flexibility index (Phi) is 10.0. The van der Waals surface area contributed by atoms with Crippen LogP contribution >= 0.6 is 23.2 Å². The van der Waals surface area contributed by atoms with Crippen LogP contribution in [0.15, 0.2) is 72.8 Å². The second-order valence-electron chi connectivity index (χ2n) is 8.52. The Balaban J connectivity index is 2.07. The zero-order valence-corrected chi connectivity index (χ0v) is 23.6. The van der Waals surface area contributed by atoms with E-state index in [1.807, 2.05) is 30.3 Å². The van der Waals surface area contributed by atoms with Gasteiger partial charge in [-0.3, -0.25) is 13.9 Å². The Morgan fingerprint density at radius 2 is 1.66 bits per heavy atom. The number of hydrogen-bond donors (Lipinski definition) is 1. The zero-order valence-electron chi connectivity index (χ0n) is 21.2. The number of sulfonamides is 1. The summed E-state index contributed by atoms with van der Waals surface area (Å²) in [6.45, 7) is -0.615. The molecule has 3 aromatic rings. The van der Waals surface area contributed by atoms with Gasteiger partial charge in [0.25, 0.3) is 0 Å². The first-order valence-corrected chi connectivity index (χ1v) is 14.2. The molecule has 0 aliphatic rings. The lowest BCUT2D eigenvalue weighted by Crippen LogP contribution is -2.53. The highest BCUT2D eigenvalue weighted by atomic mass is 35.5. The first-order chi connectivity index (χ1) is 18.0. The van der Waals surface area contributed by atoms with Gasteiger partial charge in [0, 0.05) is 30.1 Å². The number of benzene rings is 3. The van der Waals surface area contributed by atoms with Gasteiger partial charge in [-0.1, -0.05) is 71.7 Å². The quantitative estimate of drug-likeness (QED) is 0.369. The Morgan fingerprint density at radius 3 is 2.26 bits per heavy atom. The summed E-state index contributed by atoms with van der Waals surface area (Å²) in [5, 5.41) is 3.36. The zero-order chi connectivity index (χ0) is 27.9. The third-order valence-electron chi connectivity index (χ3n) is 5.91. The van der Waals surface area contributed by atoms with Gasteiger partial charge in [0.15, 0.2) is 0 Å². The SMILES string of the molecule is CNC(=O)[C@H](Cc1ccccc1)N(Cc1ccc(Cl)cc1Cl)C(=O)CN(c1ccccc1OC)S(C)(=O)=O. The summed E-state index contributed by atoms with van der Waals surface area (Å²) in [6.07, 6.45) is 1.21. The number of halogens is 2. The summed E-state index contributed by atoms with van der Waals surface area (Å²) < 4.78 is 32.0. The third kappa shape index (κ3) is 7.40. The van der Waals surface area contributed by atoms with E-state index < -0.39 is 34.4 Å². The standard InChI is InChI=1S/C27H29Cl2N3O5S/c1-30-27(34)24(15-19-9-5-4-6-10-19)31(17-20-13-14-21(28)16-22(20)29)26(33)18-32(38(3,35)36)23-11-7-8-12-25(23)37-2/h4-14,16,24H,15,17-18H2,1-3H3,(H,30,34)/t24-/m0/s1. The van der Waals surface area contributed by atoms with Crippen LogP contribution in [0, 0.1) is 0 Å². The number of hydrogen-bond acceptors (Lipinski definition) is 5. The average Bonchev–Trinajstić information content (AvgIpc) is 2.89. The van der Waals surface area contributed by atoms with Gasteiger partial charge in [-0.05, 0) is 35.4 Å². The molecule has 8 nitrogen and oxygen atoms in total. The van der Waals surface area contributed by atoms with Crippen molar-refractivity contribution in [2.45, 2.75) is 19.0 Å². The smallest absolute Gasteiger partial charge is 0.244 e. The fourth-order valence-corrected chi connectivity index (χ4v) is 5.31. The lowest BCUT2D eigenvalue weighted by atomic mass is 10.0. The highest BCUT2D eigenvalue weighted by Gasteiger charge is 2.33. The van der Waals surface area contributed by atoms with Crippen molar-refractivity contribution in [1.29, 1.82) is 0 Å². The fourth-order valence-electron chi connectivity index (χ4n) is 3.98. The topological polar surface area (TPSA) is 96.0 Å². The molecule has 0 aliphatic carbocycles. The van der Waals surface area contributed by atoms with E-state index in [1.165, 1.54) is 19.1 Å². The molecule has 1 atom stereocenters. The van der Waals surface area contributed by atoms with Crippen LogP contribution in [-0.2, 0) is 32.6 Å². The number of nitrogens with one attached hydrogen (secondary N) is 1. The van der Waals surface area contributed by atoms with Gasteiger partial charge in [0.05, 0.1) is 19.1 Å².